The third-order valence-electron chi connectivity index (χ3n) is 6.42. The average molecular weight is 521 g/mol. The second-order valence-corrected chi connectivity index (χ2v) is 9.38. The summed E-state index contributed by atoms with van der Waals surface area (Å²) >= 11 is 13.1. The van der Waals surface area contributed by atoms with Crippen LogP contribution in [0.5, 0.6) is 0 Å². The van der Waals surface area contributed by atoms with E-state index in [4.69, 9.17) is 28.5 Å². The molecule has 1 aromatic carbocycles. The molecule has 4 rings (SSSR count). The van der Waals surface area contributed by atoms with E-state index in [-0.39, 0.29) is 32.9 Å². The maximum absolute atomic E-state index is 13.6. The van der Waals surface area contributed by atoms with E-state index in [0.29, 0.717) is 48.1 Å². The number of halogens is 5. The van der Waals surface area contributed by atoms with E-state index in [1.54, 1.807) is 12.1 Å². The van der Waals surface area contributed by atoms with Crippen LogP contribution < -0.4 is 0 Å². The van der Waals surface area contributed by atoms with Crippen molar-refractivity contribution < 1.29 is 18.0 Å². The molecule has 2 aromatic heterocycles. The van der Waals surface area contributed by atoms with E-state index in [0.717, 1.165) is 6.07 Å². The number of hydrogen-bond donors (Lipinski definition) is 0. The first-order valence-electron chi connectivity index (χ1n) is 10.8. The lowest BCUT2D eigenvalue weighted by molar-refractivity contribution is -0.141. The molecular weight excluding hydrogens is 500 g/mol. The zero-order chi connectivity index (χ0) is 25.7. The summed E-state index contributed by atoms with van der Waals surface area (Å²) in [7, 11) is 1.48. The number of nitriles is 1. The van der Waals surface area contributed by atoms with Gasteiger partial charge in [-0.25, -0.2) is 4.98 Å². The lowest BCUT2D eigenvalue weighted by Crippen LogP contribution is -2.31. The van der Waals surface area contributed by atoms with Gasteiger partial charge >= 0.3 is 6.18 Å². The lowest BCUT2D eigenvalue weighted by atomic mass is 9.96. The topological polar surface area (TPSA) is 61.9 Å². The number of rotatable bonds is 4. The number of carbonyl (C=O) groups is 1. The molecule has 0 amide bonds. The summed E-state index contributed by atoms with van der Waals surface area (Å²) in [5.41, 5.74) is 0.640. The number of aromatic nitrogens is 2. The van der Waals surface area contributed by atoms with Gasteiger partial charge in [-0.3, -0.25) is 4.79 Å². The summed E-state index contributed by atoms with van der Waals surface area (Å²) in [5.74, 6) is -0.537. The Labute approximate surface area is 210 Å². The number of benzene rings is 1. The Kier molecular flexibility index (Phi) is 6.60. The van der Waals surface area contributed by atoms with Crippen molar-refractivity contribution in [2.45, 2.75) is 25.9 Å². The monoisotopic (exact) mass is 520 g/mol. The molecule has 0 aliphatic carbocycles. The molecule has 0 bridgehead atoms. The van der Waals surface area contributed by atoms with Crippen molar-refractivity contribution in [2.75, 3.05) is 13.1 Å². The molecule has 1 aliphatic heterocycles. The van der Waals surface area contributed by atoms with E-state index in [1.807, 2.05) is 4.90 Å². The van der Waals surface area contributed by atoms with Crippen molar-refractivity contribution in [1.29, 1.82) is 5.26 Å². The van der Waals surface area contributed by atoms with E-state index >= 15 is 0 Å². The van der Waals surface area contributed by atoms with Crippen LogP contribution in [0.2, 0.25) is 10.0 Å². The van der Waals surface area contributed by atoms with Gasteiger partial charge in [0.25, 0.3) is 0 Å². The van der Waals surface area contributed by atoms with Crippen molar-refractivity contribution in [3.05, 3.63) is 69.0 Å². The number of pyridine rings is 1. The van der Waals surface area contributed by atoms with Crippen LogP contribution in [0.25, 0.3) is 16.7 Å². The van der Waals surface area contributed by atoms with Gasteiger partial charge in [-0.05, 0) is 49.6 Å². The lowest BCUT2D eigenvalue weighted by Gasteiger charge is -2.33. The average Bonchev–Trinajstić information content (AvgIpc) is 3.15. The van der Waals surface area contributed by atoms with Crippen molar-refractivity contribution in [3.63, 3.8) is 0 Å². The molecule has 0 unspecified atom stereocenters. The molecule has 10 heteroatoms. The number of likely N-dealkylation sites (tertiary alicyclic amines) is 1. The molecule has 3 aromatic rings. The van der Waals surface area contributed by atoms with Crippen LogP contribution >= 0.6 is 23.2 Å². The highest BCUT2D eigenvalue weighted by Crippen LogP contribution is 2.37. The highest BCUT2D eigenvalue weighted by Gasteiger charge is 2.34. The zero-order valence-corrected chi connectivity index (χ0v) is 20.5. The van der Waals surface area contributed by atoms with Crippen LogP contribution in [-0.4, -0.2) is 33.3 Å². The maximum Gasteiger partial charge on any atom is 0.433 e. The molecule has 1 fully saturated rings. The van der Waals surface area contributed by atoms with E-state index < -0.39 is 17.7 Å². The molecule has 0 spiro atoms. The summed E-state index contributed by atoms with van der Waals surface area (Å²) in [5, 5.41) is 9.79. The fraction of sp³-hybridized carbons (Fsp3) is 0.320. The van der Waals surface area contributed by atoms with Gasteiger partial charge < -0.3 is 9.47 Å². The van der Waals surface area contributed by atoms with Gasteiger partial charge in [-0.1, -0.05) is 29.8 Å². The second-order valence-electron chi connectivity index (χ2n) is 8.60. The predicted octanol–water partition coefficient (Wildman–Crippen LogP) is 6.64. The molecule has 3 heterocycles. The third-order valence-corrected chi connectivity index (χ3v) is 7.12. The minimum atomic E-state index is -4.61. The fourth-order valence-electron chi connectivity index (χ4n) is 4.37. The second kappa shape index (κ2) is 9.21. The zero-order valence-electron chi connectivity index (χ0n) is 19.0. The summed E-state index contributed by atoms with van der Waals surface area (Å²) in [6.07, 6.45) is -3.21. The fourth-order valence-corrected chi connectivity index (χ4v) is 5.02. The van der Waals surface area contributed by atoms with E-state index in [9.17, 15) is 18.0 Å². The predicted molar refractivity (Wildman–Crippen MR) is 129 cm³/mol. The molecule has 0 atom stereocenters. The van der Waals surface area contributed by atoms with Gasteiger partial charge in [0.1, 0.15) is 11.3 Å². The standard InChI is InChI=1S/C25H21Cl2F3N4O/c1-13-10-20(25(28,29)30)32-24-17(13)11-19(33(24)3)23(35)21-18(26)5-4-16(22(21)27)14(2)34-8-6-15(12-31)7-9-34/h4-5,10-11,15H,2,6-9H2,1,3H3. The van der Waals surface area contributed by atoms with Gasteiger partial charge in [0.2, 0.25) is 5.78 Å². The van der Waals surface area contributed by atoms with Crippen LogP contribution in [0.3, 0.4) is 0 Å². The first-order chi connectivity index (χ1) is 16.4. The molecular formula is C25H21Cl2F3N4O. The number of nitrogens with zero attached hydrogens (tertiary/aromatic N) is 4. The minimum absolute atomic E-state index is 0.00159. The highest BCUT2D eigenvalue weighted by atomic mass is 35.5. The van der Waals surface area contributed by atoms with Gasteiger partial charge in [-0.2, -0.15) is 18.4 Å². The van der Waals surface area contributed by atoms with Gasteiger partial charge in [-0.15, -0.1) is 0 Å². The molecule has 0 N–H and O–H groups in total. The Morgan fingerprint density at radius 3 is 2.49 bits per heavy atom. The van der Waals surface area contributed by atoms with Crippen LogP contribution in [0, 0.1) is 24.2 Å². The van der Waals surface area contributed by atoms with E-state index in [1.165, 1.54) is 24.6 Å². The van der Waals surface area contributed by atoms with Gasteiger partial charge in [0.15, 0.2) is 0 Å². The Balaban J connectivity index is 1.75. The Morgan fingerprint density at radius 1 is 1.23 bits per heavy atom. The number of fused-ring (bicyclic) bond motifs is 1. The number of ketones is 1. The van der Waals surface area contributed by atoms with Crippen molar-refractivity contribution in [2.24, 2.45) is 13.0 Å². The quantitative estimate of drug-likeness (QED) is 0.361. The normalized spacial score (nSPS) is 14.9. The number of carbonyl (C=O) groups excluding carboxylic acids is 1. The first-order valence-corrected chi connectivity index (χ1v) is 11.6. The number of aryl methyl sites for hydroxylation is 2. The van der Waals surface area contributed by atoms with Crippen LogP contribution in [-0.2, 0) is 13.2 Å². The summed E-state index contributed by atoms with van der Waals surface area (Å²) in [6, 6.07) is 7.97. The van der Waals surface area contributed by atoms with Crippen LogP contribution in [0.4, 0.5) is 13.2 Å². The number of hydrogen-bond acceptors (Lipinski definition) is 4. The Hall–Kier alpha value is -3.02. The van der Waals surface area contributed by atoms with Crippen LogP contribution in [0.15, 0.2) is 30.8 Å². The van der Waals surface area contributed by atoms with Crippen molar-refractivity contribution >= 4 is 45.7 Å². The minimum Gasteiger partial charge on any atom is -0.371 e. The van der Waals surface area contributed by atoms with Gasteiger partial charge in [0, 0.05) is 42.7 Å². The SMILES string of the molecule is C=C(c1ccc(Cl)c(C(=O)c2cc3c(C)cc(C(F)(F)F)nc3n2C)c1Cl)N1CCC(C#N)CC1. The molecule has 0 radical (unpaired) electrons. The largest absolute Gasteiger partial charge is 0.433 e. The first kappa shape index (κ1) is 25.1. The van der Waals surface area contributed by atoms with Crippen LogP contribution in [0.1, 0.15) is 45.7 Å². The number of piperidine rings is 1. The molecule has 182 valence electrons. The molecule has 0 saturated carbocycles. The summed E-state index contributed by atoms with van der Waals surface area (Å²) in [6.45, 7) is 6.95. The van der Waals surface area contributed by atoms with Crippen molar-refractivity contribution in [3.8, 4) is 6.07 Å². The maximum atomic E-state index is 13.6. The highest BCUT2D eigenvalue weighted by molar-refractivity contribution is 6.42. The third kappa shape index (κ3) is 4.51. The van der Waals surface area contributed by atoms with Crippen molar-refractivity contribution in [1.82, 2.24) is 14.5 Å². The smallest absolute Gasteiger partial charge is 0.371 e. The Morgan fingerprint density at radius 2 is 1.89 bits per heavy atom. The molecule has 1 aliphatic rings. The summed E-state index contributed by atoms with van der Waals surface area (Å²) in [4.78, 5) is 19.3. The number of alkyl halides is 3. The molecule has 1 saturated heterocycles. The van der Waals surface area contributed by atoms with E-state index in [2.05, 4.69) is 17.6 Å². The molecule has 35 heavy (non-hydrogen) atoms. The summed E-state index contributed by atoms with van der Waals surface area (Å²) < 4.78 is 41.2. The molecule has 5 nitrogen and oxygen atoms in total. The van der Waals surface area contributed by atoms with Gasteiger partial charge in [0.05, 0.1) is 27.4 Å². The Bertz CT molecular complexity index is 1400.